The Balaban J connectivity index is 2.83. The summed E-state index contributed by atoms with van der Waals surface area (Å²) in [6.45, 7) is 7.14. The van der Waals surface area contributed by atoms with Crippen LogP contribution in [-0.4, -0.2) is 0 Å². The van der Waals surface area contributed by atoms with E-state index in [4.69, 9.17) is 12.3 Å². The molecule has 0 atom stereocenters. The van der Waals surface area contributed by atoms with Gasteiger partial charge < -0.3 is 5.73 Å². The van der Waals surface area contributed by atoms with E-state index in [0.717, 1.165) is 12.8 Å². The first kappa shape index (κ1) is 5.54. The highest BCUT2D eigenvalue weighted by molar-refractivity contribution is 4.80. The number of allylic oxidation sites excluding steroid dienone is 1. The van der Waals surface area contributed by atoms with Gasteiger partial charge in [0, 0.05) is 5.70 Å². The fourth-order valence-corrected chi connectivity index (χ4v) is 0.289. The van der Waals surface area contributed by atoms with Crippen molar-refractivity contribution in [1.29, 1.82) is 0 Å². The maximum atomic E-state index is 5.10. The van der Waals surface area contributed by atoms with Gasteiger partial charge in [-0.15, -0.1) is 0 Å². The summed E-state index contributed by atoms with van der Waals surface area (Å²) in [4.78, 5) is 0. The van der Waals surface area contributed by atoms with Crippen LogP contribution >= 0.6 is 0 Å². The van der Waals surface area contributed by atoms with Crippen LogP contribution in [0.25, 0.3) is 0 Å². The molecule has 1 radical (unpaired) electrons. The maximum absolute atomic E-state index is 5.10. The summed E-state index contributed by atoms with van der Waals surface area (Å²) < 4.78 is 0. The largest absolute Gasteiger partial charge is 0.402 e. The van der Waals surface area contributed by atoms with E-state index < -0.39 is 0 Å². The molecule has 1 heteroatoms. The predicted octanol–water partition coefficient (Wildman–Crippen LogP) is 1.06. The molecule has 0 rings (SSSR count). The molecule has 0 unspecified atom stereocenters. The van der Waals surface area contributed by atoms with E-state index >= 15 is 0 Å². The molecule has 0 heterocycles. The van der Waals surface area contributed by atoms with Crippen LogP contribution in [0.15, 0.2) is 5.70 Å². The van der Waals surface area contributed by atoms with E-state index in [1.807, 2.05) is 6.92 Å². The predicted molar refractivity (Wildman–Crippen MR) is 26.9 cm³/mol. The Morgan fingerprint density at radius 1 is 1.83 bits per heavy atom. The third-order valence-corrected chi connectivity index (χ3v) is 0.539. The molecule has 2 N–H and O–H groups in total. The molecule has 0 aromatic rings. The number of nitrogens with two attached hydrogens (primary N) is 1. The third-order valence-electron chi connectivity index (χ3n) is 0.539. The fourth-order valence-electron chi connectivity index (χ4n) is 0.289. The average molecular weight is 84.1 g/mol. The molecule has 0 saturated heterocycles. The highest BCUT2D eigenvalue weighted by Crippen LogP contribution is 1.89. The van der Waals surface area contributed by atoms with Gasteiger partial charge in [-0.3, -0.25) is 0 Å². The van der Waals surface area contributed by atoms with Crippen molar-refractivity contribution in [3.05, 3.63) is 12.3 Å². The van der Waals surface area contributed by atoms with Gasteiger partial charge in [-0.05, 0) is 13.0 Å². The van der Waals surface area contributed by atoms with Crippen molar-refractivity contribution in [2.45, 2.75) is 19.8 Å². The van der Waals surface area contributed by atoms with Crippen LogP contribution in [0.4, 0.5) is 0 Å². The summed E-state index contributed by atoms with van der Waals surface area (Å²) in [6.07, 6.45) is 1.89. The van der Waals surface area contributed by atoms with E-state index in [-0.39, 0.29) is 0 Å². The monoisotopic (exact) mass is 84.1 g/mol. The molecule has 0 fully saturated rings. The molecule has 0 bridgehead atoms. The Labute approximate surface area is 38.8 Å². The molecular weight excluding hydrogens is 74.1 g/mol. The van der Waals surface area contributed by atoms with Crippen LogP contribution in [0.3, 0.4) is 0 Å². The van der Waals surface area contributed by atoms with Crippen LogP contribution in [0.1, 0.15) is 19.8 Å². The van der Waals surface area contributed by atoms with Gasteiger partial charge in [0.25, 0.3) is 0 Å². The van der Waals surface area contributed by atoms with Gasteiger partial charge >= 0.3 is 0 Å². The van der Waals surface area contributed by atoms with Crippen molar-refractivity contribution < 1.29 is 0 Å². The molecule has 1 nitrogen and oxygen atoms in total. The van der Waals surface area contributed by atoms with E-state index in [1.54, 1.807) is 0 Å². The lowest BCUT2D eigenvalue weighted by molar-refractivity contribution is 0.895. The summed E-state index contributed by atoms with van der Waals surface area (Å²) in [7, 11) is 0. The molecule has 35 valence electrons. The summed E-state index contributed by atoms with van der Waals surface area (Å²) in [5.74, 6) is 0. The average Bonchev–Trinajstić information content (AvgIpc) is 1.35. The molecule has 6 heavy (non-hydrogen) atoms. The van der Waals surface area contributed by atoms with E-state index in [0.29, 0.717) is 5.70 Å². The Kier molecular flexibility index (Phi) is 2.55. The van der Waals surface area contributed by atoms with Gasteiger partial charge in [0.05, 0.1) is 0 Å². The zero-order valence-corrected chi connectivity index (χ0v) is 4.07. The zero-order chi connectivity index (χ0) is 4.99. The van der Waals surface area contributed by atoms with Crippen molar-refractivity contribution in [2.75, 3.05) is 0 Å². The molecule has 0 amide bonds. The summed E-state index contributed by atoms with van der Waals surface area (Å²) in [5.41, 5.74) is 5.64. The number of hydrogen-bond acceptors (Lipinski definition) is 1. The Morgan fingerprint density at radius 3 is 2.33 bits per heavy atom. The Hall–Kier alpha value is -0.460. The van der Waals surface area contributed by atoms with Gasteiger partial charge in [0.15, 0.2) is 0 Å². The minimum atomic E-state index is 0.539. The first-order chi connectivity index (χ1) is 2.77. The van der Waals surface area contributed by atoms with Crippen molar-refractivity contribution in [1.82, 2.24) is 0 Å². The van der Waals surface area contributed by atoms with Crippen molar-refractivity contribution >= 4 is 0 Å². The summed E-state index contributed by atoms with van der Waals surface area (Å²) in [6, 6.07) is 0. The number of rotatable bonds is 2. The molecule has 0 aliphatic heterocycles. The maximum Gasteiger partial charge on any atom is 0.00809 e. The van der Waals surface area contributed by atoms with Crippen molar-refractivity contribution in [2.24, 2.45) is 5.73 Å². The summed E-state index contributed by atoms with van der Waals surface area (Å²) in [5, 5.41) is 0. The first-order valence-electron chi connectivity index (χ1n) is 2.14. The zero-order valence-electron chi connectivity index (χ0n) is 4.07. The lowest BCUT2D eigenvalue weighted by Crippen LogP contribution is -1.91. The lowest BCUT2D eigenvalue weighted by atomic mass is 10.3. The van der Waals surface area contributed by atoms with E-state index in [1.165, 1.54) is 0 Å². The van der Waals surface area contributed by atoms with Crippen molar-refractivity contribution in [3.63, 3.8) is 0 Å². The molecule has 0 aliphatic carbocycles. The fraction of sp³-hybridized carbons (Fsp3) is 0.600. The van der Waals surface area contributed by atoms with Gasteiger partial charge in [0.2, 0.25) is 0 Å². The van der Waals surface area contributed by atoms with Crippen LogP contribution < -0.4 is 5.73 Å². The van der Waals surface area contributed by atoms with Gasteiger partial charge in [-0.25, -0.2) is 0 Å². The second-order valence-electron chi connectivity index (χ2n) is 1.32. The van der Waals surface area contributed by atoms with Crippen LogP contribution in [0.5, 0.6) is 0 Å². The highest BCUT2D eigenvalue weighted by Gasteiger charge is 1.76. The van der Waals surface area contributed by atoms with E-state index in [9.17, 15) is 0 Å². The topological polar surface area (TPSA) is 26.0 Å². The summed E-state index contributed by atoms with van der Waals surface area (Å²) >= 11 is 0. The number of hydrogen-bond donors (Lipinski definition) is 1. The molecule has 0 aromatic heterocycles. The molecule has 0 aromatic carbocycles. The Morgan fingerprint density at radius 2 is 2.33 bits per heavy atom. The van der Waals surface area contributed by atoms with E-state index in [2.05, 4.69) is 0 Å². The lowest BCUT2D eigenvalue weighted by Gasteiger charge is -1.87. The second-order valence-corrected chi connectivity index (χ2v) is 1.32. The van der Waals surface area contributed by atoms with Crippen molar-refractivity contribution in [3.8, 4) is 0 Å². The molecule has 0 aliphatic rings. The quantitative estimate of drug-likeness (QED) is 0.532. The van der Waals surface area contributed by atoms with Crippen LogP contribution in [0.2, 0.25) is 0 Å². The third kappa shape index (κ3) is 3.54. The van der Waals surface area contributed by atoms with Gasteiger partial charge in [-0.1, -0.05) is 13.3 Å². The Bertz CT molecular complexity index is 47.9. The second kappa shape index (κ2) is 2.76. The van der Waals surface area contributed by atoms with Gasteiger partial charge in [-0.2, -0.15) is 0 Å². The smallest absolute Gasteiger partial charge is 0.00809 e. The standard InChI is InChI=1S/C5H10N/c1-3-4-5(2)6/h2H,3-4,6H2,1H3. The molecule has 0 spiro atoms. The first-order valence-corrected chi connectivity index (χ1v) is 2.14. The van der Waals surface area contributed by atoms with Crippen LogP contribution in [0, 0.1) is 6.58 Å². The normalized spacial score (nSPS) is 8.17. The highest BCUT2D eigenvalue weighted by atomic mass is 14.5. The minimum absolute atomic E-state index is 0.539. The molecular formula is C5H10N. The minimum Gasteiger partial charge on any atom is -0.402 e. The molecule has 0 saturated carbocycles. The van der Waals surface area contributed by atoms with Crippen LogP contribution in [-0.2, 0) is 0 Å². The SMILES string of the molecule is [CH]=C(N)CCC. The van der Waals surface area contributed by atoms with Gasteiger partial charge in [0.1, 0.15) is 0 Å².